The summed E-state index contributed by atoms with van der Waals surface area (Å²) in [5, 5.41) is 5.76. The number of nitrogens with one attached hydrogen (secondary N) is 2. The van der Waals surface area contributed by atoms with Crippen LogP contribution in [-0.2, 0) is 9.59 Å². The molecule has 120 valence electrons. The van der Waals surface area contributed by atoms with Crippen molar-refractivity contribution in [1.29, 1.82) is 0 Å². The van der Waals surface area contributed by atoms with Crippen molar-refractivity contribution in [2.24, 2.45) is 0 Å². The number of carbonyl (C=O) groups excluding carboxylic acids is 2. The Bertz CT molecular complexity index is 695. The van der Waals surface area contributed by atoms with Crippen molar-refractivity contribution in [2.75, 3.05) is 22.1 Å². The lowest BCUT2D eigenvalue weighted by Gasteiger charge is -2.07. The first-order valence-electron chi connectivity index (χ1n) is 6.72. The molecule has 2 N–H and O–H groups in total. The van der Waals surface area contributed by atoms with Gasteiger partial charge in [0.2, 0.25) is 11.8 Å². The van der Waals surface area contributed by atoms with Crippen LogP contribution in [0.3, 0.4) is 0 Å². The fourth-order valence-electron chi connectivity index (χ4n) is 1.72. The Hall–Kier alpha value is -2.05. The van der Waals surface area contributed by atoms with Crippen molar-refractivity contribution >= 4 is 46.6 Å². The molecule has 0 aliphatic carbocycles. The van der Waals surface area contributed by atoms with Crippen molar-refractivity contribution < 1.29 is 14.0 Å². The number of amides is 2. The van der Waals surface area contributed by atoms with Crippen LogP contribution in [0.2, 0.25) is 5.02 Å². The summed E-state index contributed by atoms with van der Waals surface area (Å²) in [6, 6.07) is 12.4. The first-order chi connectivity index (χ1) is 11.0. The van der Waals surface area contributed by atoms with Crippen LogP contribution in [0.4, 0.5) is 15.8 Å². The van der Waals surface area contributed by atoms with E-state index in [0.717, 1.165) is 0 Å². The third-order valence-electron chi connectivity index (χ3n) is 2.74. The monoisotopic (exact) mass is 352 g/mol. The first kappa shape index (κ1) is 17.3. The van der Waals surface area contributed by atoms with Gasteiger partial charge in [-0.1, -0.05) is 23.7 Å². The highest BCUT2D eigenvalue weighted by molar-refractivity contribution is 8.00. The summed E-state index contributed by atoms with van der Waals surface area (Å²) in [4.78, 5) is 23.5. The zero-order valence-electron chi connectivity index (χ0n) is 12.0. The number of hydrogen-bond acceptors (Lipinski definition) is 3. The zero-order valence-corrected chi connectivity index (χ0v) is 13.6. The van der Waals surface area contributed by atoms with Crippen LogP contribution in [0.5, 0.6) is 0 Å². The number of carbonyl (C=O) groups is 2. The highest BCUT2D eigenvalue weighted by atomic mass is 35.5. The number of para-hydroxylation sites is 1. The van der Waals surface area contributed by atoms with Crippen molar-refractivity contribution in [1.82, 2.24) is 0 Å². The van der Waals surface area contributed by atoms with Gasteiger partial charge in [0.15, 0.2) is 0 Å². The zero-order chi connectivity index (χ0) is 16.7. The summed E-state index contributed by atoms with van der Waals surface area (Å²) in [5.74, 6) is -0.617. The number of hydrogen-bond donors (Lipinski definition) is 2. The second-order valence-electron chi connectivity index (χ2n) is 4.58. The molecule has 0 unspecified atom stereocenters. The number of rotatable bonds is 6. The fraction of sp³-hybridized carbons (Fsp3) is 0.125. The predicted molar refractivity (Wildman–Crippen MR) is 92.4 cm³/mol. The second-order valence-corrected chi connectivity index (χ2v) is 5.97. The van der Waals surface area contributed by atoms with E-state index < -0.39 is 0 Å². The maximum absolute atomic E-state index is 12.8. The van der Waals surface area contributed by atoms with Crippen LogP contribution in [0.25, 0.3) is 0 Å². The molecule has 7 heteroatoms. The van der Waals surface area contributed by atoms with Gasteiger partial charge >= 0.3 is 0 Å². The third kappa shape index (κ3) is 5.92. The quantitative estimate of drug-likeness (QED) is 0.831. The molecule has 4 nitrogen and oxygen atoms in total. The lowest BCUT2D eigenvalue weighted by Crippen LogP contribution is -2.18. The molecule has 0 aromatic heterocycles. The van der Waals surface area contributed by atoms with Crippen molar-refractivity contribution in [3.8, 4) is 0 Å². The van der Waals surface area contributed by atoms with Gasteiger partial charge < -0.3 is 10.6 Å². The fourth-order valence-corrected chi connectivity index (χ4v) is 2.52. The maximum Gasteiger partial charge on any atom is 0.234 e. The van der Waals surface area contributed by atoms with Gasteiger partial charge in [-0.15, -0.1) is 11.8 Å². The Morgan fingerprint density at radius 3 is 2.22 bits per heavy atom. The molecule has 2 aromatic carbocycles. The van der Waals surface area contributed by atoms with E-state index >= 15 is 0 Å². The molecular formula is C16H14ClFN2O2S. The van der Waals surface area contributed by atoms with E-state index in [0.29, 0.717) is 16.4 Å². The van der Waals surface area contributed by atoms with Crippen LogP contribution in [0, 0.1) is 5.82 Å². The minimum Gasteiger partial charge on any atom is -0.325 e. The number of halogens is 2. The number of benzene rings is 2. The summed E-state index contributed by atoms with van der Waals surface area (Å²) in [6.07, 6.45) is 0. The maximum atomic E-state index is 12.8. The largest absolute Gasteiger partial charge is 0.325 e. The Morgan fingerprint density at radius 2 is 1.57 bits per heavy atom. The molecule has 0 bridgehead atoms. The highest BCUT2D eigenvalue weighted by Gasteiger charge is 2.08. The van der Waals surface area contributed by atoms with Gasteiger partial charge in [0.05, 0.1) is 22.2 Å². The second kappa shape index (κ2) is 8.55. The van der Waals surface area contributed by atoms with E-state index in [-0.39, 0.29) is 29.1 Å². The summed E-state index contributed by atoms with van der Waals surface area (Å²) >= 11 is 7.12. The third-order valence-corrected chi connectivity index (χ3v) is 4.00. The van der Waals surface area contributed by atoms with Crippen LogP contribution >= 0.6 is 23.4 Å². The van der Waals surface area contributed by atoms with Crippen molar-refractivity contribution in [2.45, 2.75) is 0 Å². The van der Waals surface area contributed by atoms with Gasteiger partial charge in [-0.2, -0.15) is 0 Å². The SMILES string of the molecule is O=C(CSCC(=O)Nc1ccccc1Cl)Nc1ccc(F)cc1. The lowest BCUT2D eigenvalue weighted by molar-refractivity contribution is -0.114. The molecule has 2 rings (SSSR count). The molecule has 0 aliphatic rings. The predicted octanol–water partition coefficient (Wildman–Crippen LogP) is 3.79. The molecule has 0 heterocycles. The van der Waals surface area contributed by atoms with E-state index in [9.17, 15) is 14.0 Å². The molecule has 0 saturated carbocycles. The van der Waals surface area contributed by atoms with Gasteiger partial charge in [0.1, 0.15) is 5.82 Å². The Morgan fingerprint density at radius 1 is 0.957 bits per heavy atom. The Balaban J connectivity index is 1.72. The van der Waals surface area contributed by atoms with Crippen LogP contribution in [0.15, 0.2) is 48.5 Å². The highest BCUT2D eigenvalue weighted by Crippen LogP contribution is 2.20. The van der Waals surface area contributed by atoms with E-state index in [1.165, 1.54) is 36.0 Å². The standard InChI is InChI=1S/C16H14ClFN2O2S/c17-13-3-1-2-4-14(13)20-16(22)10-23-9-15(21)19-12-7-5-11(18)6-8-12/h1-8H,9-10H2,(H,19,21)(H,20,22). The van der Waals surface area contributed by atoms with Gasteiger partial charge in [0.25, 0.3) is 0 Å². The number of anilines is 2. The summed E-state index contributed by atoms with van der Waals surface area (Å²) < 4.78 is 12.8. The lowest BCUT2D eigenvalue weighted by atomic mass is 10.3. The van der Waals surface area contributed by atoms with Gasteiger partial charge in [0, 0.05) is 5.69 Å². The molecule has 0 aliphatic heterocycles. The normalized spacial score (nSPS) is 10.2. The van der Waals surface area contributed by atoms with Crippen LogP contribution < -0.4 is 10.6 Å². The molecule has 0 radical (unpaired) electrons. The summed E-state index contributed by atoms with van der Waals surface area (Å²) in [6.45, 7) is 0. The van der Waals surface area contributed by atoms with Crippen molar-refractivity contribution in [3.63, 3.8) is 0 Å². The molecular weight excluding hydrogens is 339 g/mol. The van der Waals surface area contributed by atoms with Crippen LogP contribution in [-0.4, -0.2) is 23.3 Å². The van der Waals surface area contributed by atoms with Crippen LogP contribution in [0.1, 0.15) is 0 Å². The Kier molecular flexibility index (Phi) is 6.43. The summed E-state index contributed by atoms with van der Waals surface area (Å²) in [5.41, 5.74) is 1.05. The summed E-state index contributed by atoms with van der Waals surface area (Å²) in [7, 11) is 0. The van der Waals surface area contributed by atoms with E-state index in [1.807, 2.05) is 0 Å². The van der Waals surface area contributed by atoms with Crippen molar-refractivity contribution in [3.05, 3.63) is 59.4 Å². The minimum atomic E-state index is -0.367. The average molecular weight is 353 g/mol. The van der Waals surface area contributed by atoms with Gasteiger partial charge in [-0.05, 0) is 36.4 Å². The smallest absolute Gasteiger partial charge is 0.234 e. The van der Waals surface area contributed by atoms with Gasteiger partial charge in [-0.3, -0.25) is 9.59 Å². The van der Waals surface area contributed by atoms with E-state index in [4.69, 9.17) is 11.6 Å². The van der Waals surface area contributed by atoms with E-state index in [2.05, 4.69) is 10.6 Å². The molecule has 0 spiro atoms. The minimum absolute atomic E-state index is 0.118. The van der Waals surface area contributed by atoms with E-state index in [1.54, 1.807) is 24.3 Å². The Labute approximate surface area is 142 Å². The van der Waals surface area contributed by atoms with Gasteiger partial charge in [-0.25, -0.2) is 4.39 Å². The molecule has 0 saturated heterocycles. The topological polar surface area (TPSA) is 58.2 Å². The molecule has 0 atom stereocenters. The molecule has 2 aromatic rings. The number of thioether (sulfide) groups is 1. The first-order valence-corrected chi connectivity index (χ1v) is 8.25. The molecule has 23 heavy (non-hydrogen) atoms. The molecule has 2 amide bonds. The molecule has 0 fully saturated rings. The average Bonchev–Trinajstić information content (AvgIpc) is 2.52.